The minimum absolute atomic E-state index is 0. The van der Waals surface area contributed by atoms with Crippen molar-refractivity contribution in [3.8, 4) is 0 Å². The Morgan fingerprint density at radius 3 is 2.25 bits per heavy atom. The van der Waals surface area contributed by atoms with Crippen LogP contribution in [0.5, 0.6) is 0 Å². The molecular weight excluding hydrogens is 415 g/mol. The number of amides is 1. The Morgan fingerprint density at radius 1 is 1.00 bits per heavy atom. The molecule has 5 nitrogen and oxygen atoms in total. The molecule has 1 aromatic rings. The zero-order chi connectivity index (χ0) is 16.9. The number of nitrogens with zero attached hydrogens (tertiary/aromatic N) is 1. The van der Waals surface area contributed by atoms with E-state index in [4.69, 9.17) is 0 Å². The number of unbranched alkanes of at least 4 members (excludes halogenated alkanes) is 1. The van der Waals surface area contributed by atoms with Crippen LogP contribution in [0.1, 0.15) is 43.5 Å². The lowest BCUT2D eigenvalue weighted by Gasteiger charge is -2.12. The summed E-state index contributed by atoms with van der Waals surface area (Å²) in [4.78, 5) is 16.1. The van der Waals surface area contributed by atoms with Gasteiger partial charge in [-0.25, -0.2) is 0 Å². The highest BCUT2D eigenvalue weighted by Crippen LogP contribution is 2.04. The van der Waals surface area contributed by atoms with Gasteiger partial charge in [-0.15, -0.1) is 24.0 Å². The number of guanidine groups is 1. The third-order valence-corrected chi connectivity index (χ3v) is 3.46. The predicted molar refractivity (Wildman–Crippen MR) is 112 cm³/mol. The Hall–Kier alpha value is -1.31. The van der Waals surface area contributed by atoms with Gasteiger partial charge >= 0.3 is 0 Å². The van der Waals surface area contributed by atoms with Gasteiger partial charge in [0, 0.05) is 32.2 Å². The molecule has 1 aromatic carbocycles. The van der Waals surface area contributed by atoms with E-state index >= 15 is 0 Å². The minimum Gasteiger partial charge on any atom is -0.356 e. The average Bonchev–Trinajstić information content (AvgIpc) is 2.56. The van der Waals surface area contributed by atoms with Crippen molar-refractivity contribution >= 4 is 35.8 Å². The Balaban J connectivity index is 0.00000529. The van der Waals surface area contributed by atoms with Crippen molar-refractivity contribution in [2.75, 3.05) is 26.7 Å². The molecule has 0 fully saturated rings. The van der Waals surface area contributed by atoms with Gasteiger partial charge in [0.25, 0.3) is 5.91 Å². The highest BCUT2D eigenvalue weighted by atomic mass is 127. The zero-order valence-corrected chi connectivity index (χ0v) is 17.3. The molecule has 1 amide bonds. The van der Waals surface area contributed by atoms with E-state index in [1.54, 1.807) is 19.2 Å². The van der Waals surface area contributed by atoms with E-state index < -0.39 is 0 Å². The number of nitrogens with one attached hydrogen (secondary N) is 3. The first-order valence-corrected chi connectivity index (χ1v) is 8.41. The second kappa shape index (κ2) is 14.1. The van der Waals surface area contributed by atoms with Gasteiger partial charge in [-0.2, -0.15) is 0 Å². The molecule has 0 bridgehead atoms. The number of carbonyl (C=O) groups excluding carboxylic acids is 1. The van der Waals surface area contributed by atoms with Crippen molar-refractivity contribution in [2.45, 2.75) is 33.1 Å². The molecule has 136 valence electrons. The van der Waals surface area contributed by atoms with Crippen molar-refractivity contribution in [3.05, 3.63) is 35.9 Å². The number of carbonyl (C=O) groups is 1. The first kappa shape index (κ1) is 22.7. The molecule has 0 aliphatic carbocycles. The zero-order valence-electron chi connectivity index (χ0n) is 15.0. The summed E-state index contributed by atoms with van der Waals surface area (Å²) in [5.41, 5.74) is 0.681. The fourth-order valence-corrected chi connectivity index (χ4v) is 2.15. The Kier molecular flexibility index (Phi) is 13.3. The number of rotatable bonds is 9. The largest absolute Gasteiger partial charge is 0.356 e. The second-order valence-corrected chi connectivity index (χ2v) is 5.94. The van der Waals surface area contributed by atoms with E-state index in [2.05, 4.69) is 34.8 Å². The molecule has 0 aliphatic heterocycles. The summed E-state index contributed by atoms with van der Waals surface area (Å²) < 4.78 is 0. The molecule has 6 heteroatoms. The van der Waals surface area contributed by atoms with Crippen LogP contribution in [-0.4, -0.2) is 38.5 Å². The molecule has 0 heterocycles. The number of aliphatic imine (C=N–C) groups is 1. The predicted octanol–water partition coefficient (Wildman–Crippen LogP) is 3.03. The summed E-state index contributed by atoms with van der Waals surface area (Å²) in [6, 6.07) is 9.23. The number of hydrogen-bond donors (Lipinski definition) is 3. The fraction of sp³-hybridized carbons (Fsp3) is 0.556. The lowest BCUT2D eigenvalue weighted by Crippen LogP contribution is -2.41. The normalized spacial score (nSPS) is 10.9. The molecule has 1 rings (SSSR count). The molecule has 0 aromatic heterocycles. The average molecular weight is 446 g/mol. The van der Waals surface area contributed by atoms with E-state index in [1.807, 2.05) is 18.2 Å². The van der Waals surface area contributed by atoms with Crippen LogP contribution in [0.25, 0.3) is 0 Å². The quantitative estimate of drug-likeness (QED) is 0.237. The van der Waals surface area contributed by atoms with Crippen LogP contribution in [0.2, 0.25) is 0 Å². The molecule has 0 spiro atoms. The van der Waals surface area contributed by atoms with Gasteiger partial charge in [0.05, 0.1) is 0 Å². The minimum atomic E-state index is -0.0518. The topological polar surface area (TPSA) is 65.5 Å². The highest BCUT2D eigenvalue weighted by Gasteiger charge is 2.03. The molecule has 0 aliphatic rings. The summed E-state index contributed by atoms with van der Waals surface area (Å²) in [6.45, 7) is 6.62. The van der Waals surface area contributed by atoms with Gasteiger partial charge in [-0.3, -0.25) is 9.79 Å². The van der Waals surface area contributed by atoms with Crippen molar-refractivity contribution < 1.29 is 4.79 Å². The second-order valence-electron chi connectivity index (χ2n) is 5.94. The van der Waals surface area contributed by atoms with Crippen LogP contribution < -0.4 is 16.0 Å². The van der Waals surface area contributed by atoms with Gasteiger partial charge in [-0.05, 0) is 24.5 Å². The molecule has 0 radical (unpaired) electrons. The molecular formula is C18H31IN4O. The third-order valence-electron chi connectivity index (χ3n) is 3.46. The van der Waals surface area contributed by atoms with Crippen LogP contribution in [0.15, 0.2) is 35.3 Å². The van der Waals surface area contributed by atoms with E-state index in [0.717, 1.165) is 24.8 Å². The SMILES string of the molecule is CN=C(NCCCCC(C)C)NCCNC(=O)c1ccccc1.I. The van der Waals surface area contributed by atoms with Gasteiger partial charge in [-0.1, -0.05) is 44.9 Å². The monoisotopic (exact) mass is 446 g/mol. The van der Waals surface area contributed by atoms with Crippen molar-refractivity contribution in [1.82, 2.24) is 16.0 Å². The molecule has 0 unspecified atom stereocenters. The van der Waals surface area contributed by atoms with Crippen LogP contribution in [-0.2, 0) is 0 Å². The molecule has 0 saturated carbocycles. The maximum atomic E-state index is 11.9. The van der Waals surface area contributed by atoms with Crippen LogP contribution in [0.3, 0.4) is 0 Å². The van der Waals surface area contributed by atoms with E-state index in [0.29, 0.717) is 18.7 Å². The Labute approximate surface area is 163 Å². The molecule has 0 saturated heterocycles. The summed E-state index contributed by atoms with van der Waals surface area (Å²) in [5, 5.41) is 9.37. The smallest absolute Gasteiger partial charge is 0.251 e. The summed E-state index contributed by atoms with van der Waals surface area (Å²) in [5.74, 6) is 1.49. The first-order valence-electron chi connectivity index (χ1n) is 8.41. The van der Waals surface area contributed by atoms with Crippen LogP contribution in [0.4, 0.5) is 0 Å². The Morgan fingerprint density at radius 2 is 1.62 bits per heavy atom. The lowest BCUT2D eigenvalue weighted by atomic mass is 10.1. The van der Waals surface area contributed by atoms with E-state index in [9.17, 15) is 4.79 Å². The number of benzene rings is 1. The van der Waals surface area contributed by atoms with Crippen molar-refractivity contribution in [2.24, 2.45) is 10.9 Å². The highest BCUT2D eigenvalue weighted by molar-refractivity contribution is 14.0. The van der Waals surface area contributed by atoms with Gasteiger partial charge in [0.2, 0.25) is 0 Å². The summed E-state index contributed by atoms with van der Waals surface area (Å²) >= 11 is 0. The van der Waals surface area contributed by atoms with Crippen molar-refractivity contribution in [3.63, 3.8) is 0 Å². The summed E-state index contributed by atoms with van der Waals surface area (Å²) in [7, 11) is 1.76. The standard InChI is InChI=1S/C18H30N4O.HI/c1-15(2)9-7-8-12-21-18(19-3)22-14-13-20-17(23)16-10-5-4-6-11-16;/h4-6,10-11,15H,7-9,12-14H2,1-3H3,(H,20,23)(H2,19,21,22);1H. The van der Waals surface area contributed by atoms with E-state index in [-0.39, 0.29) is 29.9 Å². The van der Waals surface area contributed by atoms with Crippen molar-refractivity contribution in [1.29, 1.82) is 0 Å². The number of hydrogen-bond acceptors (Lipinski definition) is 2. The molecule has 0 atom stereocenters. The number of halogens is 1. The first-order chi connectivity index (χ1) is 11.1. The van der Waals surface area contributed by atoms with Crippen LogP contribution >= 0.6 is 24.0 Å². The maximum Gasteiger partial charge on any atom is 0.251 e. The van der Waals surface area contributed by atoms with Gasteiger partial charge in [0.15, 0.2) is 5.96 Å². The summed E-state index contributed by atoms with van der Waals surface area (Å²) in [6.07, 6.45) is 3.64. The maximum absolute atomic E-state index is 11.9. The van der Waals surface area contributed by atoms with Gasteiger partial charge in [0.1, 0.15) is 0 Å². The lowest BCUT2D eigenvalue weighted by molar-refractivity contribution is 0.0954. The van der Waals surface area contributed by atoms with E-state index in [1.165, 1.54) is 12.8 Å². The van der Waals surface area contributed by atoms with Gasteiger partial charge < -0.3 is 16.0 Å². The third kappa shape index (κ3) is 10.5. The molecule has 24 heavy (non-hydrogen) atoms. The fourth-order valence-electron chi connectivity index (χ4n) is 2.15. The molecule has 3 N–H and O–H groups in total. The van der Waals surface area contributed by atoms with Crippen LogP contribution in [0, 0.1) is 5.92 Å². The Bertz CT molecular complexity index is 477.